The Bertz CT molecular complexity index is 290. The average Bonchev–Trinajstić information content (AvgIpc) is 2.65. The van der Waals surface area contributed by atoms with Crippen molar-refractivity contribution in [3.05, 3.63) is 11.4 Å². The average molecular weight is 237 g/mol. The van der Waals surface area contributed by atoms with E-state index in [1.54, 1.807) is 0 Å². The fourth-order valence-corrected chi connectivity index (χ4v) is 2.00. The summed E-state index contributed by atoms with van der Waals surface area (Å²) in [7, 11) is 0. The zero-order valence-corrected chi connectivity index (χ0v) is 11.9. The molecule has 1 heterocycles. The zero-order chi connectivity index (χ0) is 12.7. The number of rotatable bonds is 8. The summed E-state index contributed by atoms with van der Waals surface area (Å²) in [5.74, 6) is 0.675. The van der Waals surface area contributed by atoms with Crippen LogP contribution in [0.25, 0.3) is 0 Å². The van der Waals surface area contributed by atoms with Crippen molar-refractivity contribution >= 4 is 0 Å². The van der Waals surface area contributed by atoms with Crippen LogP contribution in [0.5, 0.6) is 0 Å². The molecule has 3 nitrogen and oxygen atoms in total. The summed E-state index contributed by atoms with van der Waals surface area (Å²) < 4.78 is 2.13. The Morgan fingerprint density at radius 2 is 1.82 bits per heavy atom. The monoisotopic (exact) mass is 237 g/mol. The number of hydrogen-bond acceptors (Lipinski definition) is 2. The van der Waals surface area contributed by atoms with Gasteiger partial charge in [-0.05, 0) is 31.6 Å². The second kappa shape index (κ2) is 7.46. The van der Waals surface area contributed by atoms with Gasteiger partial charge in [-0.3, -0.25) is 0 Å². The van der Waals surface area contributed by atoms with Crippen LogP contribution in [-0.4, -0.2) is 15.0 Å². The van der Waals surface area contributed by atoms with Gasteiger partial charge in [-0.15, -0.1) is 5.10 Å². The zero-order valence-electron chi connectivity index (χ0n) is 11.9. The molecule has 17 heavy (non-hydrogen) atoms. The standard InChI is InChI=1S/C14H27N3/c1-5-7-9-13-14(11-12(3)4)17(16-15-13)10-8-6-2/h12H,5-11H2,1-4H3. The largest absolute Gasteiger partial charge is 0.249 e. The first-order valence-electron chi connectivity index (χ1n) is 7.10. The summed E-state index contributed by atoms with van der Waals surface area (Å²) >= 11 is 0. The van der Waals surface area contributed by atoms with E-state index in [1.807, 2.05) is 0 Å². The highest BCUT2D eigenvalue weighted by Crippen LogP contribution is 2.15. The molecule has 0 aromatic carbocycles. The Labute approximate surface area is 106 Å². The predicted molar refractivity (Wildman–Crippen MR) is 72.1 cm³/mol. The molecule has 1 aromatic heterocycles. The summed E-state index contributed by atoms with van der Waals surface area (Å²) in [6.07, 6.45) is 7.05. The van der Waals surface area contributed by atoms with Gasteiger partial charge in [0.05, 0.1) is 11.4 Å². The summed E-state index contributed by atoms with van der Waals surface area (Å²) in [4.78, 5) is 0. The van der Waals surface area contributed by atoms with Crippen LogP contribution in [0.1, 0.15) is 64.8 Å². The third-order valence-electron chi connectivity index (χ3n) is 3.01. The minimum absolute atomic E-state index is 0.675. The number of hydrogen-bond donors (Lipinski definition) is 0. The van der Waals surface area contributed by atoms with Gasteiger partial charge < -0.3 is 0 Å². The molecule has 0 radical (unpaired) electrons. The van der Waals surface area contributed by atoms with E-state index < -0.39 is 0 Å². The molecule has 0 saturated carbocycles. The topological polar surface area (TPSA) is 30.7 Å². The fraction of sp³-hybridized carbons (Fsp3) is 0.857. The maximum absolute atomic E-state index is 4.37. The minimum Gasteiger partial charge on any atom is -0.249 e. The van der Waals surface area contributed by atoms with Crippen molar-refractivity contribution in [2.75, 3.05) is 0 Å². The Balaban J connectivity index is 2.77. The Morgan fingerprint density at radius 3 is 2.41 bits per heavy atom. The van der Waals surface area contributed by atoms with Gasteiger partial charge in [0.25, 0.3) is 0 Å². The van der Waals surface area contributed by atoms with E-state index in [2.05, 4.69) is 42.7 Å². The van der Waals surface area contributed by atoms with Crippen LogP contribution in [0.2, 0.25) is 0 Å². The highest BCUT2D eigenvalue weighted by Gasteiger charge is 2.13. The van der Waals surface area contributed by atoms with Gasteiger partial charge in [0, 0.05) is 6.54 Å². The van der Waals surface area contributed by atoms with E-state index in [0.29, 0.717) is 5.92 Å². The maximum Gasteiger partial charge on any atom is 0.0859 e. The van der Waals surface area contributed by atoms with Gasteiger partial charge in [0.15, 0.2) is 0 Å². The Hall–Kier alpha value is -0.860. The molecule has 0 aliphatic rings. The molecule has 0 amide bonds. The lowest BCUT2D eigenvalue weighted by Gasteiger charge is -2.09. The van der Waals surface area contributed by atoms with E-state index in [-0.39, 0.29) is 0 Å². The second-order valence-corrected chi connectivity index (χ2v) is 5.26. The molecule has 0 fully saturated rings. The molecule has 0 aliphatic heterocycles. The van der Waals surface area contributed by atoms with Crippen LogP contribution >= 0.6 is 0 Å². The van der Waals surface area contributed by atoms with Crippen molar-refractivity contribution < 1.29 is 0 Å². The first-order chi connectivity index (χ1) is 8.19. The van der Waals surface area contributed by atoms with E-state index in [4.69, 9.17) is 0 Å². The van der Waals surface area contributed by atoms with E-state index >= 15 is 0 Å². The van der Waals surface area contributed by atoms with Crippen LogP contribution in [-0.2, 0) is 19.4 Å². The van der Waals surface area contributed by atoms with Gasteiger partial charge in [0.1, 0.15) is 0 Å². The first-order valence-corrected chi connectivity index (χ1v) is 7.10. The molecule has 0 bridgehead atoms. The highest BCUT2D eigenvalue weighted by molar-refractivity contribution is 5.11. The number of unbranched alkanes of at least 4 members (excludes halogenated alkanes) is 2. The van der Waals surface area contributed by atoms with Crippen molar-refractivity contribution in [1.82, 2.24) is 15.0 Å². The summed E-state index contributed by atoms with van der Waals surface area (Å²) in [6, 6.07) is 0. The van der Waals surface area contributed by atoms with Crippen molar-refractivity contribution in [2.24, 2.45) is 5.92 Å². The van der Waals surface area contributed by atoms with Gasteiger partial charge in [-0.1, -0.05) is 45.7 Å². The van der Waals surface area contributed by atoms with E-state index in [1.165, 1.54) is 37.1 Å². The molecule has 0 spiro atoms. The smallest absolute Gasteiger partial charge is 0.0859 e. The molecule has 0 unspecified atom stereocenters. The quantitative estimate of drug-likeness (QED) is 0.691. The third-order valence-corrected chi connectivity index (χ3v) is 3.01. The van der Waals surface area contributed by atoms with E-state index in [0.717, 1.165) is 19.4 Å². The molecule has 0 saturated heterocycles. The van der Waals surface area contributed by atoms with Crippen molar-refractivity contribution in [3.8, 4) is 0 Å². The van der Waals surface area contributed by atoms with Crippen LogP contribution < -0.4 is 0 Å². The molecule has 0 atom stereocenters. The summed E-state index contributed by atoms with van der Waals surface area (Å²) in [5.41, 5.74) is 2.61. The second-order valence-electron chi connectivity index (χ2n) is 5.26. The lowest BCUT2D eigenvalue weighted by molar-refractivity contribution is 0.510. The molecule has 0 aliphatic carbocycles. The normalized spacial score (nSPS) is 11.4. The van der Waals surface area contributed by atoms with Gasteiger partial charge in [0.2, 0.25) is 0 Å². The molecule has 98 valence electrons. The Morgan fingerprint density at radius 1 is 1.12 bits per heavy atom. The van der Waals surface area contributed by atoms with Crippen LogP contribution in [0.15, 0.2) is 0 Å². The van der Waals surface area contributed by atoms with Crippen molar-refractivity contribution in [2.45, 2.75) is 72.8 Å². The molecular formula is C14H27N3. The number of aromatic nitrogens is 3. The molecule has 0 N–H and O–H groups in total. The lowest BCUT2D eigenvalue weighted by atomic mass is 10.0. The van der Waals surface area contributed by atoms with Crippen molar-refractivity contribution in [3.63, 3.8) is 0 Å². The molecule has 3 heteroatoms. The Kier molecular flexibility index (Phi) is 6.23. The summed E-state index contributed by atoms with van der Waals surface area (Å²) in [5, 5.41) is 8.70. The lowest BCUT2D eigenvalue weighted by Crippen LogP contribution is -2.09. The fourth-order valence-electron chi connectivity index (χ4n) is 2.00. The van der Waals surface area contributed by atoms with Crippen LogP contribution in [0, 0.1) is 5.92 Å². The van der Waals surface area contributed by atoms with Crippen LogP contribution in [0.4, 0.5) is 0 Å². The molecule has 1 rings (SSSR count). The SMILES string of the molecule is CCCCc1nnn(CCCC)c1CC(C)C. The number of nitrogens with zero attached hydrogens (tertiary/aromatic N) is 3. The van der Waals surface area contributed by atoms with E-state index in [9.17, 15) is 0 Å². The summed E-state index contributed by atoms with van der Waals surface area (Å²) in [6.45, 7) is 10.00. The van der Waals surface area contributed by atoms with Crippen molar-refractivity contribution in [1.29, 1.82) is 0 Å². The predicted octanol–water partition coefficient (Wildman–Crippen LogP) is 3.62. The first kappa shape index (κ1) is 14.2. The third kappa shape index (κ3) is 4.49. The molecule has 1 aromatic rings. The van der Waals surface area contributed by atoms with Gasteiger partial charge in [-0.2, -0.15) is 0 Å². The number of aryl methyl sites for hydroxylation is 2. The van der Waals surface area contributed by atoms with Crippen LogP contribution in [0.3, 0.4) is 0 Å². The highest BCUT2D eigenvalue weighted by atomic mass is 15.4. The minimum atomic E-state index is 0.675. The van der Waals surface area contributed by atoms with Gasteiger partial charge >= 0.3 is 0 Å². The van der Waals surface area contributed by atoms with Gasteiger partial charge in [-0.25, -0.2) is 4.68 Å². The maximum atomic E-state index is 4.37. The molecular weight excluding hydrogens is 210 g/mol.